The summed E-state index contributed by atoms with van der Waals surface area (Å²) in [5.41, 5.74) is 7.14. The van der Waals surface area contributed by atoms with Gasteiger partial charge in [-0.1, -0.05) is 24.6 Å². The van der Waals surface area contributed by atoms with Gasteiger partial charge in [-0.25, -0.2) is 0 Å². The van der Waals surface area contributed by atoms with Crippen molar-refractivity contribution in [3.05, 3.63) is 22.7 Å². The number of nitrogens with two attached hydrogens (primary N) is 1. The summed E-state index contributed by atoms with van der Waals surface area (Å²) >= 11 is 6.61. The molecule has 130 valence electrons. The van der Waals surface area contributed by atoms with Gasteiger partial charge in [0.25, 0.3) is 0 Å². The van der Waals surface area contributed by atoms with Gasteiger partial charge in [-0.15, -0.1) is 0 Å². The van der Waals surface area contributed by atoms with Crippen LogP contribution in [0.2, 0.25) is 5.02 Å². The molecule has 0 radical (unpaired) electrons. The first kappa shape index (κ1) is 18.3. The summed E-state index contributed by atoms with van der Waals surface area (Å²) in [6, 6.07) is 4.47. The van der Waals surface area contributed by atoms with Crippen molar-refractivity contribution in [1.82, 2.24) is 9.80 Å². The highest BCUT2D eigenvalue weighted by atomic mass is 35.5. The second-order valence-electron chi connectivity index (χ2n) is 6.02. The molecule has 0 spiro atoms. The molecule has 2 N–H and O–H groups in total. The topological polar surface area (TPSA) is 51.0 Å². The third kappa shape index (κ3) is 3.74. The van der Waals surface area contributed by atoms with Crippen LogP contribution < -0.4 is 15.2 Å². The molecule has 0 aliphatic carbocycles. The molecule has 1 aromatic carbocycles. The van der Waals surface area contributed by atoms with Crippen LogP contribution >= 0.6 is 11.6 Å². The SMILES string of the molecule is CCC1CN(C)CCN1C(CN)c1ccc(OC)c(OC)c1Cl. The van der Waals surface area contributed by atoms with Crippen molar-refractivity contribution < 1.29 is 9.47 Å². The summed E-state index contributed by atoms with van der Waals surface area (Å²) in [4.78, 5) is 4.85. The first-order valence-electron chi connectivity index (χ1n) is 8.12. The van der Waals surface area contributed by atoms with Crippen molar-refractivity contribution in [3.8, 4) is 11.5 Å². The molecule has 1 aliphatic rings. The van der Waals surface area contributed by atoms with E-state index in [1.807, 2.05) is 12.1 Å². The quantitative estimate of drug-likeness (QED) is 0.861. The summed E-state index contributed by atoms with van der Waals surface area (Å²) in [6.45, 7) is 5.83. The van der Waals surface area contributed by atoms with Gasteiger partial charge in [-0.05, 0) is 25.1 Å². The summed E-state index contributed by atoms with van der Waals surface area (Å²) in [5.74, 6) is 1.22. The summed E-state index contributed by atoms with van der Waals surface area (Å²) in [6.07, 6.45) is 1.09. The zero-order chi connectivity index (χ0) is 17.0. The summed E-state index contributed by atoms with van der Waals surface area (Å²) in [7, 11) is 5.39. The number of hydrogen-bond acceptors (Lipinski definition) is 5. The van der Waals surface area contributed by atoms with Crippen LogP contribution in [0.1, 0.15) is 24.9 Å². The van der Waals surface area contributed by atoms with Gasteiger partial charge in [0, 0.05) is 38.3 Å². The predicted octanol–water partition coefficient (Wildman–Crippen LogP) is 2.38. The van der Waals surface area contributed by atoms with Gasteiger partial charge in [0.2, 0.25) is 0 Å². The van der Waals surface area contributed by atoms with E-state index in [1.165, 1.54) is 0 Å². The molecule has 0 amide bonds. The highest BCUT2D eigenvalue weighted by molar-refractivity contribution is 6.33. The van der Waals surface area contributed by atoms with Gasteiger partial charge < -0.3 is 20.1 Å². The molecular weight excluding hydrogens is 314 g/mol. The Morgan fingerprint density at radius 1 is 1.30 bits per heavy atom. The highest BCUT2D eigenvalue weighted by Crippen LogP contribution is 2.41. The van der Waals surface area contributed by atoms with Crippen molar-refractivity contribution in [1.29, 1.82) is 0 Å². The number of nitrogens with zero attached hydrogens (tertiary/aromatic N) is 2. The smallest absolute Gasteiger partial charge is 0.179 e. The third-order valence-electron chi connectivity index (χ3n) is 4.70. The van der Waals surface area contributed by atoms with Gasteiger partial charge in [0.15, 0.2) is 11.5 Å². The Bertz CT molecular complexity index is 527. The third-order valence-corrected chi connectivity index (χ3v) is 5.09. The van der Waals surface area contributed by atoms with E-state index in [9.17, 15) is 0 Å². The van der Waals surface area contributed by atoms with Crippen LogP contribution in [-0.2, 0) is 0 Å². The molecule has 2 unspecified atom stereocenters. The average molecular weight is 342 g/mol. The van der Waals surface area contributed by atoms with Crippen molar-refractivity contribution in [3.63, 3.8) is 0 Å². The summed E-state index contributed by atoms with van der Waals surface area (Å²) < 4.78 is 10.8. The second-order valence-corrected chi connectivity index (χ2v) is 6.40. The molecule has 23 heavy (non-hydrogen) atoms. The average Bonchev–Trinajstić information content (AvgIpc) is 2.57. The minimum absolute atomic E-state index is 0.0842. The van der Waals surface area contributed by atoms with Crippen molar-refractivity contribution >= 4 is 11.6 Å². The fourth-order valence-corrected chi connectivity index (χ4v) is 3.76. The predicted molar refractivity (Wildman–Crippen MR) is 94.6 cm³/mol. The molecule has 2 atom stereocenters. The number of piperazine rings is 1. The lowest BCUT2D eigenvalue weighted by Crippen LogP contribution is -2.53. The van der Waals surface area contributed by atoms with E-state index in [4.69, 9.17) is 26.8 Å². The lowest BCUT2D eigenvalue weighted by atomic mass is 9.99. The molecule has 1 fully saturated rings. The maximum atomic E-state index is 6.61. The first-order valence-corrected chi connectivity index (χ1v) is 8.49. The number of ether oxygens (including phenoxy) is 2. The normalized spacial score (nSPS) is 21.2. The monoisotopic (exact) mass is 341 g/mol. The minimum atomic E-state index is 0.0842. The van der Waals surface area contributed by atoms with E-state index < -0.39 is 0 Å². The number of likely N-dealkylation sites (N-methyl/N-ethyl adjacent to an activating group) is 1. The van der Waals surface area contributed by atoms with Gasteiger partial charge in [-0.2, -0.15) is 0 Å². The van der Waals surface area contributed by atoms with Gasteiger partial charge in [-0.3, -0.25) is 4.90 Å². The van der Waals surface area contributed by atoms with Gasteiger partial charge >= 0.3 is 0 Å². The Labute approximate surface area is 144 Å². The maximum absolute atomic E-state index is 6.61. The lowest BCUT2D eigenvalue weighted by molar-refractivity contribution is 0.0520. The van der Waals surface area contributed by atoms with Crippen molar-refractivity contribution in [2.75, 3.05) is 47.4 Å². The molecule has 1 aromatic rings. The first-order chi connectivity index (χ1) is 11.1. The molecule has 6 heteroatoms. The molecule has 0 bridgehead atoms. The molecule has 2 rings (SSSR count). The van der Waals surface area contributed by atoms with E-state index in [-0.39, 0.29) is 6.04 Å². The number of benzene rings is 1. The van der Waals surface area contributed by atoms with E-state index >= 15 is 0 Å². The molecule has 1 aliphatic heterocycles. The van der Waals surface area contributed by atoms with E-state index in [1.54, 1.807) is 14.2 Å². The van der Waals surface area contributed by atoms with Crippen LogP contribution in [0.5, 0.6) is 11.5 Å². The van der Waals surface area contributed by atoms with Crippen LogP contribution in [0.4, 0.5) is 0 Å². The standard InChI is InChI=1S/C17H28ClN3O2/c1-5-12-11-20(2)8-9-21(12)14(10-19)13-6-7-15(22-3)17(23-4)16(13)18/h6-7,12,14H,5,8-11,19H2,1-4H3. The Morgan fingerprint density at radius 2 is 2.04 bits per heavy atom. The van der Waals surface area contributed by atoms with E-state index in [2.05, 4.69) is 23.8 Å². The highest BCUT2D eigenvalue weighted by Gasteiger charge is 2.32. The molecule has 5 nitrogen and oxygen atoms in total. The fourth-order valence-electron chi connectivity index (χ4n) is 3.40. The van der Waals surface area contributed by atoms with Gasteiger partial charge in [0.05, 0.1) is 19.2 Å². The largest absolute Gasteiger partial charge is 0.493 e. The van der Waals surface area contributed by atoms with Crippen LogP contribution in [0.25, 0.3) is 0 Å². The molecule has 1 heterocycles. The molecule has 0 saturated carbocycles. The van der Waals surface area contributed by atoms with E-state index in [0.29, 0.717) is 29.1 Å². The lowest BCUT2D eigenvalue weighted by Gasteiger charge is -2.44. The number of methoxy groups -OCH3 is 2. The maximum Gasteiger partial charge on any atom is 0.179 e. The van der Waals surface area contributed by atoms with Crippen molar-refractivity contribution in [2.45, 2.75) is 25.4 Å². The molecular formula is C17H28ClN3O2. The number of halogens is 1. The Morgan fingerprint density at radius 3 is 2.61 bits per heavy atom. The Hall–Kier alpha value is -1.01. The molecule has 1 saturated heterocycles. The van der Waals surface area contributed by atoms with E-state index in [0.717, 1.165) is 31.6 Å². The zero-order valence-electron chi connectivity index (χ0n) is 14.5. The fraction of sp³-hybridized carbons (Fsp3) is 0.647. The molecule has 0 aromatic heterocycles. The zero-order valence-corrected chi connectivity index (χ0v) is 15.3. The minimum Gasteiger partial charge on any atom is -0.493 e. The van der Waals surface area contributed by atoms with Crippen LogP contribution in [0, 0.1) is 0 Å². The van der Waals surface area contributed by atoms with Gasteiger partial charge in [0.1, 0.15) is 0 Å². The Kier molecular flexibility index (Phi) is 6.53. The van der Waals surface area contributed by atoms with Crippen LogP contribution in [0.15, 0.2) is 12.1 Å². The van der Waals surface area contributed by atoms with Crippen LogP contribution in [0.3, 0.4) is 0 Å². The second kappa shape index (κ2) is 8.20. The number of rotatable bonds is 6. The Balaban J connectivity index is 2.37. The summed E-state index contributed by atoms with van der Waals surface area (Å²) in [5, 5.41) is 0.594. The van der Waals surface area contributed by atoms with Crippen LogP contribution in [-0.4, -0.2) is 63.3 Å². The van der Waals surface area contributed by atoms with Crippen molar-refractivity contribution in [2.24, 2.45) is 5.73 Å². The number of hydrogen-bond donors (Lipinski definition) is 1.